The molecule has 2 aromatic rings. The molecule has 0 aliphatic carbocycles. The molecule has 0 saturated heterocycles. The van der Waals surface area contributed by atoms with Crippen LogP contribution in [0.1, 0.15) is 26.3 Å². The van der Waals surface area contributed by atoms with Crippen molar-refractivity contribution in [2.24, 2.45) is 17.6 Å². The number of hydrogen-bond acceptors (Lipinski definition) is 1. The van der Waals surface area contributed by atoms with Crippen LogP contribution in [0.4, 0.5) is 0 Å². The summed E-state index contributed by atoms with van der Waals surface area (Å²) in [5.74, 6) is 1.19. The summed E-state index contributed by atoms with van der Waals surface area (Å²) in [6.07, 6.45) is 0.962. The monoisotopic (exact) mass is 241 g/mol. The van der Waals surface area contributed by atoms with Gasteiger partial charge >= 0.3 is 0 Å². The molecule has 0 aromatic heterocycles. The van der Waals surface area contributed by atoms with Crippen molar-refractivity contribution < 1.29 is 0 Å². The van der Waals surface area contributed by atoms with Crippen molar-refractivity contribution in [1.29, 1.82) is 0 Å². The van der Waals surface area contributed by atoms with E-state index < -0.39 is 0 Å². The van der Waals surface area contributed by atoms with Gasteiger partial charge in [-0.05, 0) is 34.6 Å². The van der Waals surface area contributed by atoms with Crippen LogP contribution in [0.25, 0.3) is 10.8 Å². The minimum Gasteiger partial charge on any atom is -0.327 e. The molecule has 0 amide bonds. The standard InChI is InChI=1S/C17H23N/c1-12(2)13(3)17(18)11-14-8-9-15-6-4-5-7-16(15)10-14/h4-10,12-13,17H,11,18H2,1-3H3. The van der Waals surface area contributed by atoms with Gasteiger partial charge in [0.15, 0.2) is 0 Å². The zero-order valence-electron chi connectivity index (χ0n) is 11.6. The van der Waals surface area contributed by atoms with Crippen LogP contribution in [0.2, 0.25) is 0 Å². The molecule has 0 aliphatic rings. The zero-order chi connectivity index (χ0) is 13.1. The predicted molar refractivity (Wildman–Crippen MR) is 79.6 cm³/mol. The zero-order valence-corrected chi connectivity index (χ0v) is 11.6. The van der Waals surface area contributed by atoms with Gasteiger partial charge < -0.3 is 5.73 Å². The van der Waals surface area contributed by atoms with E-state index in [0.29, 0.717) is 11.8 Å². The number of hydrogen-bond donors (Lipinski definition) is 1. The minimum atomic E-state index is 0.242. The maximum atomic E-state index is 6.29. The second kappa shape index (κ2) is 5.53. The highest BCUT2D eigenvalue weighted by Crippen LogP contribution is 2.20. The Morgan fingerprint density at radius 2 is 1.61 bits per heavy atom. The lowest BCUT2D eigenvalue weighted by molar-refractivity contribution is 0.344. The molecule has 0 bridgehead atoms. The van der Waals surface area contributed by atoms with Crippen LogP contribution >= 0.6 is 0 Å². The Morgan fingerprint density at radius 1 is 0.944 bits per heavy atom. The maximum absolute atomic E-state index is 6.29. The predicted octanol–water partition coefficient (Wildman–Crippen LogP) is 4.00. The van der Waals surface area contributed by atoms with Crippen LogP contribution in [0, 0.1) is 11.8 Å². The molecule has 0 fully saturated rings. The smallest absolute Gasteiger partial charge is 0.0108 e. The van der Waals surface area contributed by atoms with E-state index in [1.807, 2.05) is 0 Å². The molecule has 96 valence electrons. The van der Waals surface area contributed by atoms with E-state index in [-0.39, 0.29) is 6.04 Å². The third-order valence-corrected chi connectivity index (χ3v) is 4.01. The highest BCUT2D eigenvalue weighted by Gasteiger charge is 2.16. The lowest BCUT2D eigenvalue weighted by Crippen LogP contribution is -2.33. The van der Waals surface area contributed by atoms with Gasteiger partial charge in [0.05, 0.1) is 0 Å². The Morgan fingerprint density at radius 3 is 2.28 bits per heavy atom. The van der Waals surface area contributed by atoms with E-state index in [2.05, 4.69) is 63.2 Å². The van der Waals surface area contributed by atoms with Crippen molar-refractivity contribution in [3.8, 4) is 0 Å². The van der Waals surface area contributed by atoms with Gasteiger partial charge in [0.25, 0.3) is 0 Å². The first-order valence-electron chi connectivity index (χ1n) is 6.81. The Kier molecular flexibility index (Phi) is 4.03. The van der Waals surface area contributed by atoms with E-state index in [9.17, 15) is 0 Å². The summed E-state index contributed by atoms with van der Waals surface area (Å²) >= 11 is 0. The molecular weight excluding hydrogens is 218 g/mol. The summed E-state index contributed by atoms with van der Waals surface area (Å²) in [4.78, 5) is 0. The van der Waals surface area contributed by atoms with E-state index in [1.54, 1.807) is 0 Å². The average molecular weight is 241 g/mol. The van der Waals surface area contributed by atoms with Gasteiger partial charge in [-0.2, -0.15) is 0 Å². The minimum absolute atomic E-state index is 0.242. The largest absolute Gasteiger partial charge is 0.327 e. The van der Waals surface area contributed by atoms with Gasteiger partial charge in [0, 0.05) is 6.04 Å². The van der Waals surface area contributed by atoms with Crippen molar-refractivity contribution in [2.75, 3.05) is 0 Å². The van der Waals surface area contributed by atoms with Crippen molar-refractivity contribution >= 4 is 10.8 Å². The van der Waals surface area contributed by atoms with E-state index in [4.69, 9.17) is 5.73 Å². The first kappa shape index (κ1) is 13.1. The van der Waals surface area contributed by atoms with Gasteiger partial charge in [0.2, 0.25) is 0 Å². The Hall–Kier alpha value is -1.34. The second-order valence-electron chi connectivity index (χ2n) is 5.65. The fraction of sp³-hybridized carbons (Fsp3) is 0.412. The first-order chi connectivity index (χ1) is 8.58. The Balaban J connectivity index is 2.17. The molecule has 2 unspecified atom stereocenters. The lowest BCUT2D eigenvalue weighted by atomic mass is 9.87. The highest BCUT2D eigenvalue weighted by molar-refractivity contribution is 5.82. The van der Waals surface area contributed by atoms with Gasteiger partial charge in [-0.3, -0.25) is 0 Å². The van der Waals surface area contributed by atoms with Crippen LogP contribution in [0.15, 0.2) is 42.5 Å². The van der Waals surface area contributed by atoms with Gasteiger partial charge in [-0.25, -0.2) is 0 Å². The van der Waals surface area contributed by atoms with Gasteiger partial charge in [-0.15, -0.1) is 0 Å². The normalized spacial score (nSPS) is 14.9. The van der Waals surface area contributed by atoms with E-state index >= 15 is 0 Å². The third kappa shape index (κ3) is 2.91. The summed E-state index contributed by atoms with van der Waals surface area (Å²) in [5.41, 5.74) is 7.64. The molecule has 2 atom stereocenters. The molecule has 2 N–H and O–H groups in total. The van der Waals surface area contributed by atoms with Crippen LogP contribution in [-0.4, -0.2) is 6.04 Å². The first-order valence-corrected chi connectivity index (χ1v) is 6.81. The number of rotatable bonds is 4. The average Bonchev–Trinajstić information content (AvgIpc) is 2.37. The molecule has 0 saturated carbocycles. The van der Waals surface area contributed by atoms with Crippen molar-refractivity contribution in [3.05, 3.63) is 48.0 Å². The summed E-state index contributed by atoms with van der Waals surface area (Å²) in [6, 6.07) is 15.4. The highest BCUT2D eigenvalue weighted by atomic mass is 14.6. The molecule has 1 nitrogen and oxygen atoms in total. The van der Waals surface area contributed by atoms with Crippen LogP contribution in [0.3, 0.4) is 0 Å². The quantitative estimate of drug-likeness (QED) is 0.860. The number of nitrogens with two attached hydrogens (primary N) is 1. The number of benzene rings is 2. The van der Waals surface area contributed by atoms with Gasteiger partial charge in [0.1, 0.15) is 0 Å². The Bertz CT molecular complexity index is 516. The molecule has 0 aliphatic heterocycles. The molecule has 2 rings (SSSR count). The third-order valence-electron chi connectivity index (χ3n) is 4.01. The summed E-state index contributed by atoms with van der Waals surface area (Å²) in [7, 11) is 0. The molecule has 0 radical (unpaired) electrons. The lowest BCUT2D eigenvalue weighted by Gasteiger charge is -2.23. The van der Waals surface area contributed by atoms with Gasteiger partial charge in [-0.1, -0.05) is 63.2 Å². The molecule has 18 heavy (non-hydrogen) atoms. The molecule has 1 heteroatoms. The van der Waals surface area contributed by atoms with Crippen LogP contribution < -0.4 is 5.73 Å². The molecule has 2 aromatic carbocycles. The topological polar surface area (TPSA) is 26.0 Å². The van der Waals surface area contributed by atoms with Crippen LogP contribution in [0.5, 0.6) is 0 Å². The summed E-state index contributed by atoms with van der Waals surface area (Å²) in [5, 5.41) is 2.60. The summed E-state index contributed by atoms with van der Waals surface area (Å²) < 4.78 is 0. The maximum Gasteiger partial charge on any atom is 0.0108 e. The Labute approximate surface area is 110 Å². The van der Waals surface area contributed by atoms with Crippen molar-refractivity contribution in [2.45, 2.75) is 33.2 Å². The molecule has 0 heterocycles. The van der Waals surface area contributed by atoms with Crippen molar-refractivity contribution in [3.63, 3.8) is 0 Å². The number of fused-ring (bicyclic) bond motifs is 1. The van der Waals surface area contributed by atoms with Crippen LogP contribution in [-0.2, 0) is 6.42 Å². The fourth-order valence-corrected chi connectivity index (χ4v) is 2.32. The second-order valence-corrected chi connectivity index (χ2v) is 5.65. The fourth-order valence-electron chi connectivity index (χ4n) is 2.32. The van der Waals surface area contributed by atoms with Crippen molar-refractivity contribution in [1.82, 2.24) is 0 Å². The SMILES string of the molecule is CC(C)C(C)C(N)Cc1ccc2ccccc2c1. The molecular formula is C17H23N. The summed E-state index contributed by atoms with van der Waals surface area (Å²) in [6.45, 7) is 6.73. The van der Waals surface area contributed by atoms with E-state index in [1.165, 1.54) is 16.3 Å². The molecule has 0 spiro atoms. The van der Waals surface area contributed by atoms with E-state index in [0.717, 1.165) is 6.42 Å².